The van der Waals surface area contributed by atoms with Crippen molar-refractivity contribution in [1.82, 2.24) is 19.4 Å². The predicted octanol–water partition coefficient (Wildman–Crippen LogP) is 3.03. The first-order chi connectivity index (χ1) is 13.2. The van der Waals surface area contributed by atoms with Crippen LogP contribution in [0.3, 0.4) is 0 Å². The van der Waals surface area contributed by atoms with E-state index in [0.29, 0.717) is 13.1 Å². The second kappa shape index (κ2) is 7.76. The number of aryl methyl sites for hydroxylation is 1. The molecule has 5 nitrogen and oxygen atoms in total. The molecule has 5 heteroatoms. The molecule has 0 bridgehead atoms. The van der Waals surface area contributed by atoms with E-state index in [0.717, 1.165) is 25.3 Å². The summed E-state index contributed by atoms with van der Waals surface area (Å²) in [5, 5.41) is 0. The Morgan fingerprint density at radius 2 is 1.63 bits per heavy atom. The van der Waals surface area contributed by atoms with Gasteiger partial charge in [0.2, 0.25) is 5.91 Å². The van der Waals surface area contributed by atoms with Crippen molar-refractivity contribution in [2.75, 3.05) is 19.6 Å². The van der Waals surface area contributed by atoms with E-state index in [1.165, 1.54) is 16.7 Å². The lowest BCUT2D eigenvalue weighted by atomic mass is 10.1. The molecule has 138 valence electrons. The van der Waals surface area contributed by atoms with Gasteiger partial charge in [-0.15, -0.1) is 0 Å². The fourth-order valence-corrected chi connectivity index (χ4v) is 3.42. The van der Waals surface area contributed by atoms with Crippen LogP contribution >= 0.6 is 0 Å². The van der Waals surface area contributed by atoms with E-state index in [1.807, 2.05) is 15.7 Å². The summed E-state index contributed by atoms with van der Waals surface area (Å²) < 4.78 is 1.98. The van der Waals surface area contributed by atoms with Crippen molar-refractivity contribution >= 4 is 5.91 Å². The van der Waals surface area contributed by atoms with Crippen molar-refractivity contribution in [1.29, 1.82) is 0 Å². The van der Waals surface area contributed by atoms with Crippen LogP contribution in [0.2, 0.25) is 0 Å². The predicted molar refractivity (Wildman–Crippen MR) is 105 cm³/mol. The van der Waals surface area contributed by atoms with Crippen molar-refractivity contribution in [3.63, 3.8) is 0 Å². The number of carbonyl (C=O) groups is 1. The molecule has 1 aliphatic rings. The van der Waals surface area contributed by atoms with Gasteiger partial charge in [0.1, 0.15) is 0 Å². The number of rotatable bonds is 5. The van der Waals surface area contributed by atoms with Crippen LogP contribution in [0.25, 0.3) is 5.69 Å². The number of hydrogen-bond acceptors (Lipinski definition) is 3. The lowest BCUT2D eigenvalue weighted by molar-refractivity contribution is -0.136. The number of piperazine rings is 1. The van der Waals surface area contributed by atoms with Gasteiger partial charge < -0.3 is 9.47 Å². The molecule has 1 amide bonds. The minimum Gasteiger partial charge on any atom is -0.336 e. The van der Waals surface area contributed by atoms with Gasteiger partial charge in [-0.3, -0.25) is 9.69 Å². The third kappa shape index (κ3) is 4.26. The first-order valence-electron chi connectivity index (χ1n) is 9.30. The second-order valence-electron chi connectivity index (χ2n) is 7.15. The Morgan fingerprint density at radius 3 is 2.30 bits per heavy atom. The Bertz CT molecular complexity index is 885. The van der Waals surface area contributed by atoms with Crippen molar-refractivity contribution in [3.05, 3.63) is 83.9 Å². The molecule has 0 saturated carbocycles. The van der Waals surface area contributed by atoms with Gasteiger partial charge in [0.05, 0.1) is 12.9 Å². The average molecular weight is 360 g/mol. The van der Waals surface area contributed by atoms with E-state index in [9.17, 15) is 4.79 Å². The van der Waals surface area contributed by atoms with Gasteiger partial charge in [-0.1, -0.05) is 42.0 Å². The third-order valence-electron chi connectivity index (χ3n) is 5.04. The van der Waals surface area contributed by atoms with Gasteiger partial charge in [-0.05, 0) is 30.2 Å². The van der Waals surface area contributed by atoms with E-state index in [-0.39, 0.29) is 5.91 Å². The van der Waals surface area contributed by atoms with Crippen molar-refractivity contribution < 1.29 is 4.79 Å². The van der Waals surface area contributed by atoms with Crippen LogP contribution in [-0.4, -0.2) is 44.9 Å². The largest absolute Gasteiger partial charge is 0.336 e. The van der Waals surface area contributed by atoms with Crippen molar-refractivity contribution in [2.24, 2.45) is 0 Å². The van der Waals surface area contributed by atoms with Gasteiger partial charge >= 0.3 is 0 Å². The molecule has 0 N–H and O–H groups in total. The summed E-state index contributed by atoms with van der Waals surface area (Å²) in [4.78, 5) is 20.8. The number of imidazole rings is 1. The molecule has 0 spiro atoms. The van der Waals surface area contributed by atoms with Crippen LogP contribution < -0.4 is 0 Å². The van der Waals surface area contributed by atoms with Crippen LogP contribution in [0.15, 0.2) is 67.3 Å². The molecule has 0 aliphatic carbocycles. The van der Waals surface area contributed by atoms with Crippen molar-refractivity contribution in [3.8, 4) is 5.69 Å². The number of nitrogens with zero attached hydrogens (tertiary/aromatic N) is 4. The van der Waals surface area contributed by atoms with Crippen LogP contribution in [0, 0.1) is 6.92 Å². The van der Waals surface area contributed by atoms with E-state index in [4.69, 9.17) is 0 Å². The molecule has 1 aliphatic heterocycles. The average Bonchev–Trinajstić information content (AvgIpc) is 3.21. The first kappa shape index (κ1) is 17.5. The highest BCUT2D eigenvalue weighted by molar-refractivity contribution is 5.79. The number of benzene rings is 2. The van der Waals surface area contributed by atoms with E-state index in [2.05, 4.69) is 65.3 Å². The zero-order valence-electron chi connectivity index (χ0n) is 15.6. The molecule has 0 atom stereocenters. The zero-order chi connectivity index (χ0) is 18.6. The number of amides is 1. The van der Waals surface area contributed by atoms with Crippen LogP contribution in [0.4, 0.5) is 0 Å². The van der Waals surface area contributed by atoms with Gasteiger partial charge in [0, 0.05) is 44.3 Å². The summed E-state index contributed by atoms with van der Waals surface area (Å²) in [6, 6.07) is 16.8. The second-order valence-corrected chi connectivity index (χ2v) is 7.15. The van der Waals surface area contributed by atoms with E-state index >= 15 is 0 Å². The van der Waals surface area contributed by atoms with Gasteiger partial charge in [0.15, 0.2) is 0 Å². The van der Waals surface area contributed by atoms with Crippen LogP contribution in [-0.2, 0) is 17.9 Å². The molecule has 2 aromatic carbocycles. The topological polar surface area (TPSA) is 41.4 Å². The minimum atomic E-state index is 0.205. The molecule has 1 aromatic heterocycles. The maximum absolute atomic E-state index is 12.5. The Hall–Kier alpha value is -2.92. The zero-order valence-corrected chi connectivity index (χ0v) is 15.6. The molecule has 1 saturated heterocycles. The highest BCUT2D eigenvalue weighted by Crippen LogP contribution is 2.15. The summed E-state index contributed by atoms with van der Waals surface area (Å²) in [6.07, 6.45) is 5.50. The molecule has 0 radical (unpaired) electrons. The molecule has 27 heavy (non-hydrogen) atoms. The van der Waals surface area contributed by atoms with E-state index in [1.54, 1.807) is 12.5 Å². The van der Waals surface area contributed by atoms with Crippen molar-refractivity contribution in [2.45, 2.75) is 20.0 Å². The molecule has 4 rings (SSSR count). The third-order valence-corrected chi connectivity index (χ3v) is 5.04. The summed E-state index contributed by atoms with van der Waals surface area (Å²) in [5.74, 6) is 0.205. The maximum atomic E-state index is 12.5. The Kier molecular flexibility index (Phi) is 5.03. The summed E-state index contributed by atoms with van der Waals surface area (Å²) in [6.45, 7) is 5.74. The smallest absolute Gasteiger partial charge is 0.237 e. The Balaban J connectivity index is 1.33. The molecule has 0 unspecified atom stereocenters. The number of aromatic nitrogens is 2. The number of hydrogen-bond donors (Lipinski definition) is 0. The fraction of sp³-hybridized carbons (Fsp3) is 0.273. The summed E-state index contributed by atoms with van der Waals surface area (Å²) >= 11 is 0. The molecule has 2 heterocycles. The molecule has 3 aromatic rings. The molecular weight excluding hydrogens is 336 g/mol. The lowest BCUT2D eigenvalue weighted by Gasteiger charge is -2.34. The maximum Gasteiger partial charge on any atom is 0.237 e. The number of carbonyl (C=O) groups excluding carboxylic acids is 1. The minimum absolute atomic E-state index is 0.205. The monoisotopic (exact) mass is 360 g/mol. The Morgan fingerprint density at radius 1 is 0.926 bits per heavy atom. The SMILES string of the molecule is Cc1ccc(CN2CCN(Cc3ccc(-n4ccnc4)cc3)CC2=O)cc1. The summed E-state index contributed by atoms with van der Waals surface area (Å²) in [5.41, 5.74) is 4.75. The van der Waals surface area contributed by atoms with Crippen LogP contribution in [0.1, 0.15) is 16.7 Å². The Labute approximate surface area is 159 Å². The molecule has 1 fully saturated rings. The molecular formula is C22H24N4O. The first-order valence-corrected chi connectivity index (χ1v) is 9.30. The standard InChI is InChI=1S/C22H24N4O/c1-18-2-4-20(5-3-18)15-25-13-12-24(16-22(25)27)14-19-6-8-21(9-7-19)26-11-10-23-17-26/h2-11,17H,12-16H2,1H3. The van der Waals surface area contributed by atoms with E-state index < -0.39 is 0 Å². The quantitative estimate of drug-likeness (QED) is 0.702. The highest BCUT2D eigenvalue weighted by Gasteiger charge is 2.23. The highest BCUT2D eigenvalue weighted by atomic mass is 16.2. The summed E-state index contributed by atoms with van der Waals surface area (Å²) in [7, 11) is 0. The normalized spacial score (nSPS) is 15.3. The lowest BCUT2D eigenvalue weighted by Crippen LogP contribution is -2.49. The van der Waals surface area contributed by atoms with Gasteiger partial charge in [-0.25, -0.2) is 4.98 Å². The van der Waals surface area contributed by atoms with Gasteiger partial charge in [0.25, 0.3) is 0 Å². The fourth-order valence-electron chi connectivity index (χ4n) is 3.42. The van der Waals surface area contributed by atoms with Crippen LogP contribution in [0.5, 0.6) is 0 Å². The van der Waals surface area contributed by atoms with Gasteiger partial charge in [-0.2, -0.15) is 0 Å².